The highest BCUT2D eigenvalue weighted by atomic mass is 16.3. The fraction of sp³-hybridized carbons (Fsp3) is 0.308. The van der Waals surface area contributed by atoms with E-state index in [1.165, 1.54) is 0 Å². The largest absolute Gasteiger partial charge is 0.445 e. The minimum absolute atomic E-state index is 0.626. The molecule has 2 nitrogen and oxygen atoms in total. The molecule has 0 spiro atoms. The highest BCUT2D eigenvalue weighted by molar-refractivity contribution is 5.70. The van der Waals surface area contributed by atoms with Crippen molar-refractivity contribution in [3.8, 4) is 0 Å². The maximum atomic E-state index is 5.18. The van der Waals surface area contributed by atoms with E-state index in [-0.39, 0.29) is 0 Å². The maximum Gasteiger partial charge on any atom is 0.225 e. The van der Waals surface area contributed by atoms with E-state index in [1.807, 2.05) is 45.9 Å². The minimum Gasteiger partial charge on any atom is -0.445 e. The number of aromatic nitrogens is 1. The summed E-state index contributed by atoms with van der Waals surface area (Å²) in [6.07, 6.45) is 9.02. The lowest BCUT2D eigenvalue weighted by Crippen LogP contribution is -1.80. The summed E-state index contributed by atoms with van der Waals surface area (Å²) in [5.41, 5.74) is 1.92. The molecule has 0 aliphatic heterocycles. The third-order valence-electron chi connectivity index (χ3n) is 1.43. The summed E-state index contributed by atoms with van der Waals surface area (Å²) in [7, 11) is 0. The van der Waals surface area contributed by atoms with Gasteiger partial charge in [0.25, 0.3) is 0 Å². The van der Waals surface area contributed by atoms with Crippen LogP contribution in [0.2, 0.25) is 0 Å². The molecule has 0 saturated heterocycles. The lowest BCUT2D eigenvalue weighted by Gasteiger charge is -1.95. The van der Waals surface area contributed by atoms with Crippen molar-refractivity contribution in [2.24, 2.45) is 0 Å². The monoisotopic (exact) mass is 205 g/mol. The Hall–Kier alpha value is -1.57. The smallest absolute Gasteiger partial charge is 0.225 e. The van der Waals surface area contributed by atoms with Gasteiger partial charge in [0, 0.05) is 5.57 Å². The van der Waals surface area contributed by atoms with Gasteiger partial charge in [0.2, 0.25) is 5.89 Å². The third-order valence-corrected chi connectivity index (χ3v) is 1.43. The molecule has 0 unspecified atom stereocenters. The third kappa shape index (κ3) is 5.01. The van der Waals surface area contributed by atoms with Crippen molar-refractivity contribution in [1.29, 1.82) is 0 Å². The Balaban J connectivity index is 0.000000921. The van der Waals surface area contributed by atoms with Crippen LogP contribution in [0.5, 0.6) is 0 Å². The summed E-state index contributed by atoms with van der Waals surface area (Å²) in [5.74, 6) is 0.626. The molecule has 1 heterocycles. The van der Waals surface area contributed by atoms with E-state index in [9.17, 15) is 0 Å². The molecule has 0 aromatic carbocycles. The number of hydrogen-bond acceptors (Lipinski definition) is 2. The first kappa shape index (κ1) is 13.4. The zero-order chi connectivity index (χ0) is 11.7. The Morgan fingerprint density at radius 3 is 2.53 bits per heavy atom. The zero-order valence-electron chi connectivity index (χ0n) is 9.95. The Kier molecular flexibility index (Phi) is 6.98. The van der Waals surface area contributed by atoms with Gasteiger partial charge in [-0.25, -0.2) is 4.98 Å². The lowest BCUT2D eigenvalue weighted by molar-refractivity contribution is 0.543. The SMILES string of the molecule is C=C(C)/C=C(\C=C/C)c1ncco1.CC. The molecule has 0 atom stereocenters. The molecule has 1 aromatic rings. The molecule has 1 rings (SSSR count). The summed E-state index contributed by atoms with van der Waals surface area (Å²) in [5, 5.41) is 0. The molecule has 0 amide bonds. The number of oxazole rings is 1. The van der Waals surface area contributed by atoms with Crippen molar-refractivity contribution in [3.63, 3.8) is 0 Å². The topological polar surface area (TPSA) is 26.0 Å². The van der Waals surface area contributed by atoms with E-state index >= 15 is 0 Å². The van der Waals surface area contributed by atoms with Crippen LogP contribution in [0.25, 0.3) is 5.57 Å². The standard InChI is InChI=1S/C11H13NO.C2H6/c1-4-5-10(8-9(2)3)11-12-6-7-13-11;1-2/h4-8H,2H2,1,3H3;1-2H3/b5-4-,10-8+;. The van der Waals surface area contributed by atoms with Crippen molar-refractivity contribution in [2.45, 2.75) is 27.7 Å². The van der Waals surface area contributed by atoms with Gasteiger partial charge >= 0.3 is 0 Å². The second-order valence-corrected chi connectivity index (χ2v) is 2.78. The lowest BCUT2D eigenvalue weighted by atomic mass is 10.2. The second kappa shape index (κ2) is 7.80. The highest BCUT2D eigenvalue weighted by Crippen LogP contribution is 2.15. The van der Waals surface area contributed by atoms with Crippen LogP contribution in [-0.4, -0.2) is 4.98 Å². The first-order valence-corrected chi connectivity index (χ1v) is 5.14. The Labute approximate surface area is 92.0 Å². The maximum absolute atomic E-state index is 5.18. The molecule has 0 radical (unpaired) electrons. The van der Waals surface area contributed by atoms with Crippen molar-refractivity contribution in [3.05, 3.63) is 48.7 Å². The molecule has 2 heteroatoms. The molecular formula is C13H19NO. The van der Waals surface area contributed by atoms with Gasteiger partial charge in [-0.3, -0.25) is 0 Å². The van der Waals surface area contributed by atoms with Crippen LogP contribution >= 0.6 is 0 Å². The van der Waals surface area contributed by atoms with Crippen molar-refractivity contribution >= 4 is 5.57 Å². The summed E-state index contributed by atoms with van der Waals surface area (Å²) >= 11 is 0. The minimum atomic E-state index is 0.626. The highest BCUT2D eigenvalue weighted by Gasteiger charge is 2.01. The van der Waals surface area contributed by atoms with Gasteiger partial charge in [-0.1, -0.05) is 38.2 Å². The summed E-state index contributed by atoms with van der Waals surface area (Å²) in [4.78, 5) is 4.06. The van der Waals surface area contributed by atoms with E-state index < -0.39 is 0 Å². The quantitative estimate of drug-likeness (QED) is 0.690. The molecule has 0 aliphatic rings. The van der Waals surface area contributed by atoms with Gasteiger partial charge in [-0.2, -0.15) is 0 Å². The predicted molar refractivity (Wildman–Crippen MR) is 65.5 cm³/mol. The second-order valence-electron chi connectivity index (χ2n) is 2.78. The normalized spacial score (nSPS) is 11.1. The zero-order valence-corrected chi connectivity index (χ0v) is 9.95. The molecule has 0 bridgehead atoms. The fourth-order valence-corrected chi connectivity index (χ4v) is 0.992. The average Bonchev–Trinajstić information content (AvgIpc) is 2.72. The van der Waals surface area contributed by atoms with Gasteiger partial charge in [-0.05, 0) is 19.9 Å². The van der Waals surface area contributed by atoms with Crippen molar-refractivity contribution in [2.75, 3.05) is 0 Å². The molecular weight excluding hydrogens is 186 g/mol. The van der Waals surface area contributed by atoms with E-state index in [0.717, 1.165) is 11.1 Å². The Morgan fingerprint density at radius 1 is 1.47 bits per heavy atom. The molecule has 1 aromatic heterocycles. The summed E-state index contributed by atoms with van der Waals surface area (Å²) < 4.78 is 5.18. The molecule has 0 fully saturated rings. The number of nitrogens with zero attached hydrogens (tertiary/aromatic N) is 1. The van der Waals surface area contributed by atoms with Crippen LogP contribution in [0.15, 0.2) is 47.3 Å². The first-order chi connectivity index (χ1) is 7.24. The summed E-state index contributed by atoms with van der Waals surface area (Å²) in [6, 6.07) is 0. The number of rotatable bonds is 3. The van der Waals surface area contributed by atoms with E-state index in [2.05, 4.69) is 11.6 Å². The van der Waals surface area contributed by atoms with Crippen molar-refractivity contribution in [1.82, 2.24) is 4.98 Å². The van der Waals surface area contributed by atoms with E-state index in [4.69, 9.17) is 4.42 Å². The van der Waals surface area contributed by atoms with Crippen LogP contribution in [0.4, 0.5) is 0 Å². The fourth-order valence-electron chi connectivity index (χ4n) is 0.992. The van der Waals surface area contributed by atoms with Crippen LogP contribution in [0, 0.1) is 0 Å². The Bertz CT molecular complexity index is 331. The molecule has 0 saturated carbocycles. The molecule has 0 N–H and O–H groups in total. The van der Waals surface area contributed by atoms with Crippen LogP contribution < -0.4 is 0 Å². The molecule has 0 aliphatic carbocycles. The molecule has 15 heavy (non-hydrogen) atoms. The van der Waals surface area contributed by atoms with Gasteiger partial charge in [0.1, 0.15) is 6.26 Å². The summed E-state index contributed by atoms with van der Waals surface area (Å²) in [6.45, 7) is 11.7. The van der Waals surface area contributed by atoms with E-state index in [0.29, 0.717) is 5.89 Å². The number of allylic oxidation sites excluding steroid dienone is 5. The first-order valence-electron chi connectivity index (χ1n) is 5.14. The van der Waals surface area contributed by atoms with Gasteiger partial charge in [0.05, 0.1) is 6.20 Å². The van der Waals surface area contributed by atoms with Crippen LogP contribution in [-0.2, 0) is 0 Å². The Morgan fingerprint density at radius 2 is 2.13 bits per heavy atom. The molecule has 82 valence electrons. The van der Waals surface area contributed by atoms with Gasteiger partial charge in [-0.15, -0.1) is 0 Å². The van der Waals surface area contributed by atoms with Crippen LogP contribution in [0.3, 0.4) is 0 Å². The predicted octanol–water partition coefficient (Wildman–Crippen LogP) is 4.24. The van der Waals surface area contributed by atoms with Gasteiger partial charge < -0.3 is 4.42 Å². The number of hydrogen-bond donors (Lipinski definition) is 0. The van der Waals surface area contributed by atoms with Gasteiger partial charge in [0.15, 0.2) is 0 Å². The van der Waals surface area contributed by atoms with E-state index in [1.54, 1.807) is 12.5 Å². The van der Waals surface area contributed by atoms with Crippen molar-refractivity contribution < 1.29 is 4.42 Å². The average molecular weight is 205 g/mol. The van der Waals surface area contributed by atoms with Crippen LogP contribution in [0.1, 0.15) is 33.6 Å².